The Morgan fingerprint density at radius 3 is 2.41 bits per heavy atom. The van der Waals surface area contributed by atoms with Gasteiger partial charge in [-0.1, -0.05) is 45.9 Å². The van der Waals surface area contributed by atoms with E-state index in [0.717, 1.165) is 5.56 Å². The molecule has 0 saturated heterocycles. The minimum Gasteiger partial charge on any atom is -0.224 e. The zero-order valence-corrected chi connectivity index (χ0v) is 11.7. The van der Waals surface area contributed by atoms with Crippen molar-refractivity contribution in [1.29, 1.82) is 0 Å². The van der Waals surface area contributed by atoms with E-state index in [2.05, 4.69) is 27.7 Å². The van der Waals surface area contributed by atoms with Crippen molar-refractivity contribution in [3.05, 3.63) is 29.8 Å². The van der Waals surface area contributed by atoms with Gasteiger partial charge in [-0.3, -0.25) is 0 Å². The first-order valence-corrected chi connectivity index (χ1v) is 7.72. The van der Waals surface area contributed by atoms with Gasteiger partial charge in [0, 0.05) is 0 Å². The van der Waals surface area contributed by atoms with Crippen LogP contribution in [0.1, 0.15) is 39.2 Å². The molecule has 0 bridgehead atoms. The summed E-state index contributed by atoms with van der Waals surface area (Å²) in [5.74, 6) is 0.863. The number of hydrogen-bond acceptors (Lipinski definition) is 2. The van der Waals surface area contributed by atoms with Crippen LogP contribution in [0.5, 0.6) is 0 Å². The predicted octanol–water partition coefficient (Wildman–Crippen LogP) is 3.24. The zero-order valence-electron chi connectivity index (χ0n) is 10.9. The summed E-state index contributed by atoms with van der Waals surface area (Å²) in [5, 5.41) is 0. The highest BCUT2D eigenvalue weighted by Gasteiger charge is 2.40. The summed E-state index contributed by atoms with van der Waals surface area (Å²) in [6, 6.07) is 7.44. The Kier molecular flexibility index (Phi) is 2.85. The van der Waals surface area contributed by atoms with Gasteiger partial charge in [0.2, 0.25) is 0 Å². The molecule has 1 aromatic carbocycles. The van der Waals surface area contributed by atoms with E-state index >= 15 is 0 Å². The average Bonchev–Trinajstić information content (AvgIpc) is 2.29. The van der Waals surface area contributed by atoms with Gasteiger partial charge in [-0.15, -0.1) is 0 Å². The molecule has 94 valence electrons. The third-order valence-electron chi connectivity index (χ3n) is 4.29. The predicted molar refractivity (Wildman–Crippen MR) is 69.9 cm³/mol. The third-order valence-corrected chi connectivity index (χ3v) is 6.46. The van der Waals surface area contributed by atoms with E-state index in [1.54, 1.807) is 6.07 Å². The molecule has 1 aliphatic rings. The second-order valence-corrected chi connectivity index (χ2v) is 7.82. The molecule has 0 radical (unpaired) electrons. The molecule has 1 aromatic rings. The Balaban J connectivity index is 2.70. The fraction of sp³-hybridized carbons (Fsp3) is 0.571. The second kappa shape index (κ2) is 3.84. The van der Waals surface area contributed by atoms with E-state index in [-0.39, 0.29) is 17.1 Å². The molecule has 0 spiro atoms. The fourth-order valence-electron chi connectivity index (χ4n) is 2.78. The molecule has 0 unspecified atom stereocenters. The Hall–Kier alpha value is -0.830. The SMILES string of the molecule is C[C@@H]1c2ccccc2S(=O)(=O)CC(C)(C)[C@@H]1C. The standard InChI is InChI=1S/C14H20O2S/c1-10-11(2)14(3,4)9-17(15,16)13-8-6-5-7-12(10)13/h5-8,10-11H,9H2,1-4H3/t10-,11+/m0/s1. The largest absolute Gasteiger partial charge is 0.224 e. The number of fused-ring (bicyclic) bond motifs is 1. The molecule has 2 atom stereocenters. The zero-order chi connectivity index (χ0) is 12.8. The first-order valence-electron chi connectivity index (χ1n) is 6.07. The molecular weight excluding hydrogens is 232 g/mol. The maximum absolute atomic E-state index is 12.4. The van der Waals surface area contributed by atoms with Gasteiger partial charge in [0.1, 0.15) is 0 Å². The topological polar surface area (TPSA) is 34.1 Å². The molecule has 0 aliphatic carbocycles. The van der Waals surface area contributed by atoms with Gasteiger partial charge in [-0.05, 0) is 28.9 Å². The minimum absolute atomic E-state index is 0.183. The lowest BCUT2D eigenvalue weighted by Gasteiger charge is -2.32. The van der Waals surface area contributed by atoms with E-state index in [0.29, 0.717) is 10.8 Å². The first kappa shape index (κ1) is 12.6. The normalized spacial score (nSPS) is 30.4. The van der Waals surface area contributed by atoms with E-state index < -0.39 is 9.84 Å². The van der Waals surface area contributed by atoms with Crippen LogP contribution < -0.4 is 0 Å². The van der Waals surface area contributed by atoms with Crippen molar-refractivity contribution in [2.45, 2.75) is 38.5 Å². The number of hydrogen-bond donors (Lipinski definition) is 0. The summed E-state index contributed by atoms with van der Waals surface area (Å²) in [6.45, 7) is 8.39. The van der Waals surface area contributed by atoms with E-state index in [1.165, 1.54) is 0 Å². The maximum Gasteiger partial charge on any atom is 0.179 e. The lowest BCUT2D eigenvalue weighted by Crippen LogP contribution is -2.30. The molecule has 17 heavy (non-hydrogen) atoms. The number of benzene rings is 1. The van der Waals surface area contributed by atoms with Crippen molar-refractivity contribution in [2.24, 2.45) is 11.3 Å². The Morgan fingerprint density at radius 1 is 1.18 bits per heavy atom. The average molecular weight is 252 g/mol. The Labute approximate surface area is 104 Å². The van der Waals surface area contributed by atoms with Gasteiger partial charge in [0.15, 0.2) is 9.84 Å². The van der Waals surface area contributed by atoms with Crippen molar-refractivity contribution in [2.75, 3.05) is 5.75 Å². The van der Waals surface area contributed by atoms with Crippen molar-refractivity contribution >= 4 is 9.84 Å². The van der Waals surface area contributed by atoms with Crippen molar-refractivity contribution in [3.8, 4) is 0 Å². The summed E-state index contributed by atoms with van der Waals surface area (Å²) in [5.41, 5.74) is 0.794. The van der Waals surface area contributed by atoms with Crippen LogP contribution >= 0.6 is 0 Å². The monoisotopic (exact) mass is 252 g/mol. The van der Waals surface area contributed by atoms with Gasteiger partial charge < -0.3 is 0 Å². The van der Waals surface area contributed by atoms with Crippen molar-refractivity contribution in [3.63, 3.8) is 0 Å². The highest BCUT2D eigenvalue weighted by molar-refractivity contribution is 7.91. The van der Waals surface area contributed by atoms with Gasteiger partial charge in [-0.2, -0.15) is 0 Å². The molecule has 0 fully saturated rings. The summed E-state index contributed by atoms with van der Waals surface area (Å²) < 4.78 is 24.8. The van der Waals surface area contributed by atoms with Gasteiger partial charge in [0.25, 0.3) is 0 Å². The van der Waals surface area contributed by atoms with Crippen LogP contribution in [0, 0.1) is 11.3 Å². The smallest absolute Gasteiger partial charge is 0.179 e. The van der Waals surface area contributed by atoms with Crippen molar-refractivity contribution in [1.82, 2.24) is 0 Å². The Morgan fingerprint density at radius 2 is 1.76 bits per heavy atom. The van der Waals surface area contributed by atoms with Crippen LogP contribution in [0.4, 0.5) is 0 Å². The number of rotatable bonds is 0. The minimum atomic E-state index is -3.15. The van der Waals surface area contributed by atoms with Gasteiger partial charge >= 0.3 is 0 Å². The molecule has 0 saturated carbocycles. The maximum atomic E-state index is 12.4. The summed E-state index contributed by atoms with van der Waals surface area (Å²) in [6.07, 6.45) is 0. The third kappa shape index (κ3) is 2.01. The molecule has 1 heterocycles. The van der Waals surface area contributed by atoms with Crippen LogP contribution in [-0.2, 0) is 9.84 Å². The summed E-state index contributed by atoms with van der Waals surface area (Å²) in [4.78, 5) is 0.532. The second-order valence-electron chi connectivity index (χ2n) is 5.86. The molecule has 0 N–H and O–H groups in total. The van der Waals surface area contributed by atoms with Gasteiger partial charge in [-0.25, -0.2) is 8.42 Å². The summed E-state index contributed by atoms with van der Waals surface area (Å²) in [7, 11) is -3.15. The van der Waals surface area contributed by atoms with Gasteiger partial charge in [0.05, 0.1) is 10.6 Å². The number of sulfone groups is 1. The Bertz CT molecular complexity index is 529. The van der Waals surface area contributed by atoms with Crippen LogP contribution in [0.15, 0.2) is 29.2 Å². The fourth-order valence-corrected chi connectivity index (χ4v) is 5.08. The molecular formula is C14H20O2S. The quantitative estimate of drug-likeness (QED) is 0.710. The molecule has 0 amide bonds. The molecule has 3 heteroatoms. The molecule has 1 aliphatic heterocycles. The van der Waals surface area contributed by atoms with E-state index in [9.17, 15) is 8.42 Å². The van der Waals surface area contributed by atoms with Crippen LogP contribution in [0.2, 0.25) is 0 Å². The highest BCUT2D eigenvalue weighted by atomic mass is 32.2. The van der Waals surface area contributed by atoms with Crippen molar-refractivity contribution < 1.29 is 8.42 Å². The lowest BCUT2D eigenvalue weighted by atomic mass is 9.73. The van der Waals surface area contributed by atoms with Crippen LogP contribution in [0.25, 0.3) is 0 Å². The lowest BCUT2D eigenvalue weighted by molar-refractivity contribution is 0.234. The highest BCUT2D eigenvalue weighted by Crippen LogP contribution is 2.44. The van der Waals surface area contributed by atoms with E-state index in [1.807, 2.05) is 18.2 Å². The first-order chi connectivity index (χ1) is 7.76. The van der Waals surface area contributed by atoms with E-state index in [4.69, 9.17) is 0 Å². The molecule has 2 nitrogen and oxygen atoms in total. The molecule has 0 aromatic heterocycles. The van der Waals surface area contributed by atoms with Crippen LogP contribution in [0.3, 0.4) is 0 Å². The molecule has 2 rings (SSSR count). The van der Waals surface area contributed by atoms with Crippen LogP contribution in [-0.4, -0.2) is 14.2 Å². The summed E-state index contributed by atoms with van der Waals surface area (Å²) >= 11 is 0.